The third-order valence-electron chi connectivity index (χ3n) is 2.26. The maximum Gasteiger partial charge on any atom is 0.282 e. The summed E-state index contributed by atoms with van der Waals surface area (Å²) in [6.07, 6.45) is 0.501. The van der Waals surface area contributed by atoms with E-state index in [2.05, 4.69) is 4.99 Å². The number of hydrogen-bond donors (Lipinski definition) is 1. The number of benzene rings is 1. The fraction of sp³-hybridized carbons (Fsp3) is 0.364. The second kappa shape index (κ2) is 6.12. The van der Waals surface area contributed by atoms with Crippen LogP contribution < -0.4 is 5.73 Å². The fourth-order valence-corrected chi connectivity index (χ4v) is 1.53. The van der Waals surface area contributed by atoms with Gasteiger partial charge < -0.3 is 10.5 Å². The normalized spacial score (nSPS) is 18.6. The van der Waals surface area contributed by atoms with Crippen molar-refractivity contribution in [2.75, 3.05) is 13.8 Å². The van der Waals surface area contributed by atoms with Crippen LogP contribution in [-0.2, 0) is 4.74 Å². The van der Waals surface area contributed by atoms with Crippen molar-refractivity contribution in [3.05, 3.63) is 35.4 Å². The zero-order chi connectivity index (χ0) is 12.8. The van der Waals surface area contributed by atoms with Crippen LogP contribution >= 0.6 is 0 Å². The lowest BCUT2D eigenvalue weighted by Gasteiger charge is -2.19. The van der Waals surface area contributed by atoms with E-state index >= 15 is 0 Å². The molecule has 94 valence electrons. The molecule has 0 fully saturated rings. The minimum absolute atomic E-state index is 0.0231. The topological polar surface area (TPSA) is 47.6 Å². The predicted octanol–water partition coefficient (Wildman–Crippen LogP) is 2.33. The van der Waals surface area contributed by atoms with Gasteiger partial charge in [-0.15, -0.1) is 0 Å². The molecule has 1 aliphatic heterocycles. The molecule has 1 atom stereocenters. The molecule has 0 aromatic heterocycles. The van der Waals surface area contributed by atoms with Gasteiger partial charge in [0.1, 0.15) is 0 Å². The van der Waals surface area contributed by atoms with E-state index in [1.807, 2.05) is 0 Å². The number of alkyl halides is 1. The molecule has 3 nitrogen and oxygen atoms in total. The summed E-state index contributed by atoms with van der Waals surface area (Å²) in [4.78, 5) is 3.92. The Morgan fingerprint density at radius 2 is 2.06 bits per heavy atom. The summed E-state index contributed by atoms with van der Waals surface area (Å²) < 4.78 is 40.7. The van der Waals surface area contributed by atoms with Crippen molar-refractivity contribution in [1.29, 1.82) is 0 Å². The molecule has 0 saturated carbocycles. The van der Waals surface area contributed by atoms with E-state index in [9.17, 15) is 13.2 Å². The van der Waals surface area contributed by atoms with Gasteiger partial charge >= 0.3 is 0 Å². The first-order valence-electron chi connectivity index (χ1n) is 4.96. The van der Waals surface area contributed by atoms with Crippen molar-refractivity contribution >= 4 is 6.02 Å². The Labute approximate surface area is 97.1 Å². The number of amidine groups is 1. The van der Waals surface area contributed by atoms with Gasteiger partial charge in [0.25, 0.3) is 6.02 Å². The molecule has 0 aliphatic carbocycles. The van der Waals surface area contributed by atoms with Crippen molar-refractivity contribution in [1.82, 2.24) is 0 Å². The second-order valence-electron chi connectivity index (χ2n) is 3.26. The average molecular weight is 246 g/mol. The van der Waals surface area contributed by atoms with Crippen molar-refractivity contribution in [3.8, 4) is 0 Å². The fourth-order valence-electron chi connectivity index (χ4n) is 1.53. The number of hydrogen-bond acceptors (Lipinski definition) is 3. The van der Waals surface area contributed by atoms with E-state index in [0.29, 0.717) is 20.2 Å². The number of nitrogens with zero attached hydrogens (tertiary/aromatic N) is 1. The van der Waals surface area contributed by atoms with Crippen LogP contribution in [0.25, 0.3) is 0 Å². The first-order chi connectivity index (χ1) is 8.18. The monoisotopic (exact) mass is 246 g/mol. The van der Waals surface area contributed by atoms with Crippen LogP contribution in [-0.4, -0.2) is 19.8 Å². The third-order valence-corrected chi connectivity index (χ3v) is 2.26. The lowest BCUT2D eigenvalue weighted by molar-refractivity contribution is 0.254. The summed E-state index contributed by atoms with van der Waals surface area (Å²) in [5.41, 5.74) is 5.59. The van der Waals surface area contributed by atoms with Gasteiger partial charge in [-0.1, -0.05) is 12.1 Å². The largest absolute Gasteiger partial charge is 0.465 e. The minimum Gasteiger partial charge on any atom is -0.465 e. The molecule has 1 aromatic rings. The van der Waals surface area contributed by atoms with Gasteiger partial charge in [-0.3, -0.25) is 4.39 Å². The molecule has 1 heterocycles. The Morgan fingerprint density at radius 3 is 2.71 bits per heavy atom. The van der Waals surface area contributed by atoms with Gasteiger partial charge in [0.2, 0.25) is 0 Å². The van der Waals surface area contributed by atoms with Crippen LogP contribution in [0, 0.1) is 11.6 Å². The van der Waals surface area contributed by atoms with Crippen LogP contribution in [0.4, 0.5) is 13.2 Å². The Morgan fingerprint density at radius 1 is 1.35 bits per heavy atom. The first-order valence-corrected chi connectivity index (χ1v) is 4.96. The second-order valence-corrected chi connectivity index (χ2v) is 3.26. The highest BCUT2D eigenvalue weighted by molar-refractivity contribution is 5.72. The maximum atomic E-state index is 13.4. The number of halogens is 3. The molecule has 1 unspecified atom stereocenters. The SMILES string of the molecule is CF.NC1=NC(c2cccc(F)c2F)CCO1. The molecule has 0 spiro atoms. The van der Waals surface area contributed by atoms with Crippen LogP contribution in [0.1, 0.15) is 18.0 Å². The Bertz CT molecular complexity index is 410. The van der Waals surface area contributed by atoms with Gasteiger partial charge in [-0.25, -0.2) is 13.8 Å². The zero-order valence-corrected chi connectivity index (χ0v) is 9.29. The van der Waals surface area contributed by atoms with Crippen LogP contribution in [0.3, 0.4) is 0 Å². The van der Waals surface area contributed by atoms with Gasteiger partial charge in [-0.05, 0) is 6.07 Å². The molecule has 17 heavy (non-hydrogen) atoms. The summed E-state index contributed by atoms with van der Waals surface area (Å²) in [7, 11) is 0.500. The number of aliphatic imine (C=N–C) groups is 1. The Hall–Kier alpha value is -1.72. The highest BCUT2D eigenvalue weighted by Crippen LogP contribution is 2.27. The Balaban J connectivity index is 0.000000686. The summed E-state index contributed by atoms with van der Waals surface area (Å²) >= 11 is 0. The zero-order valence-electron chi connectivity index (χ0n) is 9.29. The molecule has 0 saturated heterocycles. The summed E-state index contributed by atoms with van der Waals surface area (Å²) in [5, 5.41) is 0. The minimum atomic E-state index is -0.868. The molecule has 2 N–H and O–H groups in total. The smallest absolute Gasteiger partial charge is 0.282 e. The van der Waals surface area contributed by atoms with Crippen molar-refractivity contribution in [3.63, 3.8) is 0 Å². The van der Waals surface area contributed by atoms with Crippen LogP contribution in [0.15, 0.2) is 23.2 Å². The van der Waals surface area contributed by atoms with Gasteiger partial charge in [-0.2, -0.15) is 0 Å². The summed E-state index contributed by atoms with van der Waals surface area (Å²) in [6, 6.07) is 3.61. The molecule has 0 bridgehead atoms. The highest BCUT2D eigenvalue weighted by Gasteiger charge is 2.21. The van der Waals surface area contributed by atoms with Crippen LogP contribution in [0.2, 0.25) is 0 Å². The molecular formula is C11H13F3N2O. The average Bonchev–Trinajstić information content (AvgIpc) is 2.35. The van der Waals surface area contributed by atoms with Crippen LogP contribution in [0.5, 0.6) is 0 Å². The molecule has 0 radical (unpaired) electrons. The maximum absolute atomic E-state index is 13.4. The van der Waals surface area contributed by atoms with E-state index in [1.54, 1.807) is 0 Å². The number of rotatable bonds is 1. The van der Waals surface area contributed by atoms with Crippen molar-refractivity contribution in [2.45, 2.75) is 12.5 Å². The standard InChI is InChI=1S/C10H10F2N2O.CH3F/c11-7-3-1-2-6(9(7)12)8-4-5-15-10(13)14-8;1-2/h1-3,8H,4-5H2,(H2,13,14);1H3. The summed E-state index contributed by atoms with van der Waals surface area (Å²) in [6.45, 7) is 0.371. The van der Waals surface area contributed by atoms with E-state index in [1.165, 1.54) is 12.1 Å². The number of nitrogens with two attached hydrogens (primary N) is 1. The van der Waals surface area contributed by atoms with Crippen molar-refractivity contribution < 1.29 is 17.9 Å². The van der Waals surface area contributed by atoms with E-state index in [4.69, 9.17) is 10.5 Å². The van der Waals surface area contributed by atoms with E-state index in [0.717, 1.165) is 6.07 Å². The number of ether oxygens (including phenoxy) is 1. The molecule has 1 aliphatic rings. The predicted molar refractivity (Wildman–Crippen MR) is 58.3 cm³/mol. The lowest BCUT2D eigenvalue weighted by atomic mass is 10.0. The van der Waals surface area contributed by atoms with Gasteiger partial charge in [0.15, 0.2) is 11.6 Å². The lowest BCUT2D eigenvalue weighted by Crippen LogP contribution is -2.24. The quantitative estimate of drug-likeness (QED) is 0.826. The Kier molecular flexibility index (Phi) is 4.81. The molecule has 0 amide bonds. The molecule has 1 aromatic carbocycles. The van der Waals surface area contributed by atoms with Gasteiger partial charge in [0, 0.05) is 12.0 Å². The summed E-state index contributed by atoms with van der Waals surface area (Å²) in [5.74, 6) is -1.73. The molecule has 2 rings (SSSR count). The highest BCUT2D eigenvalue weighted by atomic mass is 19.2. The van der Waals surface area contributed by atoms with Gasteiger partial charge in [0.05, 0.1) is 19.8 Å². The molecule has 6 heteroatoms. The molecular weight excluding hydrogens is 233 g/mol. The van der Waals surface area contributed by atoms with Crippen molar-refractivity contribution in [2.24, 2.45) is 10.7 Å². The van der Waals surface area contributed by atoms with E-state index < -0.39 is 17.7 Å². The first kappa shape index (κ1) is 13.3. The third kappa shape index (κ3) is 3.12. The van der Waals surface area contributed by atoms with E-state index in [-0.39, 0.29) is 11.6 Å².